The van der Waals surface area contributed by atoms with Gasteiger partial charge in [-0.05, 0) is 19.3 Å². The van der Waals surface area contributed by atoms with Crippen LogP contribution in [0, 0.1) is 0 Å². The Morgan fingerprint density at radius 1 is 1.43 bits per heavy atom. The van der Waals surface area contributed by atoms with Gasteiger partial charge in [0.2, 0.25) is 5.67 Å². The van der Waals surface area contributed by atoms with Crippen molar-refractivity contribution in [3.05, 3.63) is 12.5 Å². The van der Waals surface area contributed by atoms with Crippen molar-refractivity contribution in [3.63, 3.8) is 0 Å². The predicted molar refractivity (Wildman–Crippen MR) is 79.2 cm³/mol. The molecule has 1 unspecified atom stereocenters. The number of halogens is 1. The number of fused-ring (bicyclic) bond motifs is 1. The van der Waals surface area contributed by atoms with Crippen LogP contribution < -0.4 is 9.80 Å². The van der Waals surface area contributed by atoms with Crippen LogP contribution >= 0.6 is 0 Å². The molecular formula is C15H21FN4O. The molecule has 2 aliphatic rings. The van der Waals surface area contributed by atoms with E-state index < -0.39 is 11.6 Å². The Morgan fingerprint density at radius 2 is 2.14 bits per heavy atom. The Balaban J connectivity index is 2.09. The van der Waals surface area contributed by atoms with Crippen LogP contribution in [0.25, 0.3) is 0 Å². The van der Waals surface area contributed by atoms with Crippen LogP contribution in [0.5, 0.6) is 0 Å². The molecule has 0 radical (unpaired) electrons. The number of rotatable bonds is 2. The Morgan fingerprint density at radius 3 is 2.81 bits per heavy atom. The molecule has 0 bridgehead atoms. The van der Waals surface area contributed by atoms with Gasteiger partial charge < -0.3 is 9.80 Å². The minimum absolute atomic E-state index is 0.0847. The average Bonchev–Trinajstić information content (AvgIpc) is 3.02. The third-order valence-electron chi connectivity index (χ3n) is 4.74. The summed E-state index contributed by atoms with van der Waals surface area (Å²) in [6, 6.07) is 0.264. The van der Waals surface area contributed by atoms with Gasteiger partial charge in [0.05, 0.1) is 12.7 Å². The zero-order valence-electron chi connectivity index (χ0n) is 12.5. The number of aromatic nitrogens is 2. The molecule has 0 N–H and O–H groups in total. The van der Waals surface area contributed by atoms with Crippen LogP contribution in [0.1, 0.15) is 39.0 Å². The summed E-state index contributed by atoms with van der Waals surface area (Å²) in [6.07, 6.45) is 7.59. The van der Waals surface area contributed by atoms with E-state index in [1.165, 1.54) is 11.2 Å². The lowest BCUT2D eigenvalue weighted by Gasteiger charge is -2.33. The monoisotopic (exact) mass is 292 g/mol. The summed E-state index contributed by atoms with van der Waals surface area (Å²) in [7, 11) is 1.60. The number of anilines is 2. The van der Waals surface area contributed by atoms with Gasteiger partial charge in [0, 0.05) is 13.1 Å². The summed E-state index contributed by atoms with van der Waals surface area (Å²) < 4.78 is 15.2. The second-order valence-corrected chi connectivity index (χ2v) is 5.98. The van der Waals surface area contributed by atoms with E-state index in [9.17, 15) is 4.79 Å². The van der Waals surface area contributed by atoms with Crippen molar-refractivity contribution in [2.24, 2.45) is 0 Å². The van der Waals surface area contributed by atoms with Gasteiger partial charge in [-0.1, -0.05) is 19.8 Å². The fraction of sp³-hybridized carbons (Fsp3) is 0.667. The van der Waals surface area contributed by atoms with Gasteiger partial charge in [-0.25, -0.2) is 14.4 Å². The fourth-order valence-corrected chi connectivity index (χ4v) is 3.38. The smallest absolute Gasteiger partial charge is 0.266 e. The second kappa shape index (κ2) is 5.24. The molecule has 1 aromatic heterocycles. The molecule has 6 heteroatoms. The molecular weight excluding hydrogens is 271 g/mol. The highest BCUT2D eigenvalue weighted by Gasteiger charge is 2.46. The summed E-state index contributed by atoms with van der Waals surface area (Å²) in [5.41, 5.74) is -1.26. The Hall–Kier alpha value is -1.72. The Bertz CT molecular complexity index is 546. The molecule has 1 fully saturated rings. The fourth-order valence-electron chi connectivity index (χ4n) is 3.38. The van der Waals surface area contributed by atoms with Crippen molar-refractivity contribution in [1.82, 2.24) is 9.97 Å². The van der Waals surface area contributed by atoms with Gasteiger partial charge in [-0.3, -0.25) is 4.79 Å². The van der Waals surface area contributed by atoms with E-state index in [-0.39, 0.29) is 19.0 Å². The van der Waals surface area contributed by atoms with Gasteiger partial charge in [-0.15, -0.1) is 0 Å². The first-order valence-electron chi connectivity index (χ1n) is 7.60. The minimum Gasteiger partial charge on any atom is -0.348 e. The minimum atomic E-state index is -1.86. The first kappa shape index (κ1) is 14.2. The van der Waals surface area contributed by atoms with Crippen LogP contribution in [0.2, 0.25) is 0 Å². The first-order valence-corrected chi connectivity index (χ1v) is 7.60. The summed E-state index contributed by atoms with van der Waals surface area (Å²) >= 11 is 0. The molecule has 1 amide bonds. The maximum Gasteiger partial charge on any atom is 0.266 e. The quantitative estimate of drug-likeness (QED) is 0.839. The zero-order valence-corrected chi connectivity index (χ0v) is 12.5. The molecule has 1 aromatic rings. The van der Waals surface area contributed by atoms with Gasteiger partial charge >= 0.3 is 0 Å². The van der Waals surface area contributed by atoms with E-state index in [1.807, 2.05) is 4.90 Å². The lowest BCUT2D eigenvalue weighted by atomic mass is 10.00. The number of nitrogens with zero attached hydrogens (tertiary/aromatic N) is 4. The maximum absolute atomic E-state index is 15.2. The van der Waals surface area contributed by atoms with Crippen LogP contribution in [0.3, 0.4) is 0 Å². The largest absolute Gasteiger partial charge is 0.348 e. The maximum atomic E-state index is 15.2. The second-order valence-electron chi connectivity index (χ2n) is 5.98. The number of carbonyl (C=O) groups excluding carboxylic acids is 1. The molecule has 21 heavy (non-hydrogen) atoms. The number of hydrogen-bond acceptors (Lipinski definition) is 4. The van der Waals surface area contributed by atoms with E-state index in [1.54, 1.807) is 20.2 Å². The molecule has 5 nitrogen and oxygen atoms in total. The van der Waals surface area contributed by atoms with E-state index in [0.717, 1.165) is 25.7 Å². The van der Waals surface area contributed by atoms with Crippen LogP contribution in [-0.2, 0) is 4.79 Å². The lowest BCUT2D eigenvalue weighted by Crippen LogP contribution is -2.50. The van der Waals surface area contributed by atoms with Gasteiger partial charge in [0.25, 0.3) is 5.91 Å². The van der Waals surface area contributed by atoms with Crippen molar-refractivity contribution in [2.45, 2.75) is 50.7 Å². The molecule has 0 spiro atoms. The zero-order chi connectivity index (χ0) is 15.0. The van der Waals surface area contributed by atoms with Crippen molar-refractivity contribution < 1.29 is 9.18 Å². The highest BCUT2D eigenvalue weighted by Crippen LogP contribution is 2.38. The summed E-state index contributed by atoms with van der Waals surface area (Å²) in [6.45, 7) is 1.81. The van der Waals surface area contributed by atoms with Gasteiger partial charge in [0.15, 0.2) is 5.82 Å². The first-order chi connectivity index (χ1) is 10.1. The molecule has 0 aromatic carbocycles. The number of hydrogen-bond donors (Lipinski definition) is 0. The summed E-state index contributed by atoms with van der Waals surface area (Å²) in [4.78, 5) is 24.2. The molecule has 1 aliphatic carbocycles. The third kappa shape index (κ3) is 2.26. The molecule has 114 valence electrons. The van der Waals surface area contributed by atoms with Crippen molar-refractivity contribution in [3.8, 4) is 0 Å². The van der Waals surface area contributed by atoms with Crippen molar-refractivity contribution in [2.75, 3.05) is 23.4 Å². The number of carbonyl (C=O) groups is 1. The molecule has 1 aliphatic heterocycles. The molecule has 0 saturated heterocycles. The lowest BCUT2D eigenvalue weighted by molar-refractivity contribution is -0.129. The third-order valence-corrected chi connectivity index (χ3v) is 4.74. The van der Waals surface area contributed by atoms with Crippen molar-refractivity contribution in [1.29, 1.82) is 0 Å². The van der Waals surface area contributed by atoms with Crippen LogP contribution in [0.4, 0.5) is 15.9 Å². The number of amides is 1. The standard InChI is InChI=1S/C15H21FN4O/c1-3-15(16)9-20(11-6-4-5-7-11)13-12(8-17-10-18-13)19(2)14(15)21/h8,10-11H,3-7,9H2,1-2H3. The van der Waals surface area contributed by atoms with Gasteiger partial charge in [0.1, 0.15) is 12.0 Å². The molecule has 1 atom stereocenters. The van der Waals surface area contributed by atoms with E-state index >= 15 is 4.39 Å². The SMILES string of the molecule is CCC1(F)CN(C2CCCC2)c2ncncc2N(C)C1=O. The van der Waals surface area contributed by atoms with Crippen molar-refractivity contribution >= 4 is 17.4 Å². The summed E-state index contributed by atoms with van der Waals surface area (Å²) in [5, 5.41) is 0. The van der Waals surface area contributed by atoms with Gasteiger partial charge in [-0.2, -0.15) is 0 Å². The topological polar surface area (TPSA) is 49.3 Å². The highest BCUT2D eigenvalue weighted by atomic mass is 19.1. The normalized spacial score (nSPS) is 26.9. The Labute approximate surface area is 124 Å². The van der Waals surface area contributed by atoms with E-state index in [2.05, 4.69) is 9.97 Å². The molecule has 3 rings (SSSR count). The average molecular weight is 292 g/mol. The molecule has 1 saturated carbocycles. The van der Waals surface area contributed by atoms with Crippen LogP contribution in [-0.4, -0.2) is 41.2 Å². The predicted octanol–water partition coefficient (Wildman–Crippen LogP) is 2.32. The summed E-state index contributed by atoms with van der Waals surface area (Å²) in [5.74, 6) is 0.183. The highest BCUT2D eigenvalue weighted by molar-refractivity contribution is 6.02. The Kier molecular flexibility index (Phi) is 3.55. The van der Waals surface area contributed by atoms with Crippen LogP contribution in [0.15, 0.2) is 12.5 Å². The molecule has 2 heterocycles. The van der Waals surface area contributed by atoms with E-state index in [0.29, 0.717) is 11.5 Å². The van der Waals surface area contributed by atoms with E-state index in [4.69, 9.17) is 0 Å². The number of alkyl halides is 1.